The van der Waals surface area contributed by atoms with Crippen LogP contribution in [0.25, 0.3) is 0 Å². The fourth-order valence-corrected chi connectivity index (χ4v) is 2.66. The Balaban J connectivity index is 2.13. The van der Waals surface area contributed by atoms with Gasteiger partial charge >= 0.3 is 0 Å². The fourth-order valence-electron chi connectivity index (χ4n) is 2.66. The number of carbonyl (C=O) groups is 2. The van der Waals surface area contributed by atoms with Gasteiger partial charge in [-0.3, -0.25) is 19.7 Å². The van der Waals surface area contributed by atoms with Crippen molar-refractivity contribution in [3.8, 4) is 0 Å². The minimum Gasteiger partial charge on any atom is -0.382 e. The van der Waals surface area contributed by atoms with E-state index in [1.807, 2.05) is 6.92 Å². The second-order valence-electron chi connectivity index (χ2n) is 6.01. The van der Waals surface area contributed by atoms with Crippen LogP contribution in [0.15, 0.2) is 42.5 Å². The summed E-state index contributed by atoms with van der Waals surface area (Å²) in [4.78, 5) is 35.6. The van der Waals surface area contributed by atoms with Gasteiger partial charge in [-0.05, 0) is 38.5 Å². The highest BCUT2D eigenvalue weighted by molar-refractivity contribution is 6.09. The molecule has 0 aliphatic carbocycles. The lowest BCUT2D eigenvalue weighted by Gasteiger charge is -2.12. The first-order valence-electron chi connectivity index (χ1n) is 8.96. The lowest BCUT2D eigenvalue weighted by Crippen LogP contribution is -2.27. The van der Waals surface area contributed by atoms with Crippen molar-refractivity contribution >= 4 is 23.2 Å². The third-order valence-electron chi connectivity index (χ3n) is 4.12. The Bertz CT molecular complexity index is 867. The summed E-state index contributed by atoms with van der Waals surface area (Å²) in [5, 5.41) is 16.5. The van der Waals surface area contributed by atoms with E-state index in [9.17, 15) is 19.7 Å². The average molecular weight is 385 g/mol. The molecule has 2 amide bonds. The van der Waals surface area contributed by atoms with E-state index in [2.05, 4.69) is 10.6 Å². The highest BCUT2D eigenvalue weighted by Gasteiger charge is 2.19. The minimum absolute atomic E-state index is 0.132. The van der Waals surface area contributed by atoms with Crippen LogP contribution in [0.4, 0.5) is 11.4 Å². The monoisotopic (exact) mass is 385 g/mol. The van der Waals surface area contributed by atoms with Crippen molar-refractivity contribution in [3.63, 3.8) is 0 Å². The van der Waals surface area contributed by atoms with E-state index in [-0.39, 0.29) is 22.7 Å². The van der Waals surface area contributed by atoms with E-state index in [0.717, 1.165) is 0 Å². The summed E-state index contributed by atoms with van der Waals surface area (Å²) in [6, 6.07) is 10.9. The molecule has 0 atom stereocenters. The van der Waals surface area contributed by atoms with Gasteiger partial charge in [0, 0.05) is 37.0 Å². The van der Waals surface area contributed by atoms with Gasteiger partial charge in [-0.25, -0.2) is 0 Å². The number of amides is 2. The van der Waals surface area contributed by atoms with E-state index in [4.69, 9.17) is 4.74 Å². The molecule has 2 N–H and O–H groups in total. The van der Waals surface area contributed by atoms with Crippen LogP contribution < -0.4 is 10.6 Å². The van der Waals surface area contributed by atoms with Crippen LogP contribution in [0.2, 0.25) is 0 Å². The summed E-state index contributed by atoms with van der Waals surface area (Å²) in [6.45, 7) is 5.05. The maximum atomic E-state index is 12.6. The van der Waals surface area contributed by atoms with E-state index in [1.54, 1.807) is 24.3 Å². The van der Waals surface area contributed by atoms with E-state index >= 15 is 0 Å². The molecule has 2 aromatic carbocycles. The first-order valence-corrected chi connectivity index (χ1v) is 8.96. The Morgan fingerprint density at radius 2 is 1.79 bits per heavy atom. The number of nitro groups is 1. The van der Waals surface area contributed by atoms with Crippen LogP contribution >= 0.6 is 0 Å². The first-order chi connectivity index (χ1) is 13.5. The Hall–Kier alpha value is -3.26. The number of benzene rings is 2. The number of carbonyl (C=O) groups excluding carboxylic acids is 2. The molecule has 0 aliphatic heterocycles. The number of hydrogen-bond acceptors (Lipinski definition) is 5. The quantitative estimate of drug-likeness (QED) is 0.391. The predicted octanol–water partition coefficient (Wildman–Crippen LogP) is 3.31. The number of nitrogens with one attached hydrogen (secondary N) is 2. The van der Waals surface area contributed by atoms with Gasteiger partial charge < -0.3 is 15.4 Å². The smallest absolute Gasteiger partial charge is 0.273 e. The summed E-state index contributed by atoms with van der Waals surface area (Å²) in [5.74, 6) is -0.832. The molecule has 0 saturated carbocycles. The molecule has 148 valence electrons. The second kappa shape index (κ2) is 10.2. The van der Waals surface area contributed by atoms with Crippen molar-refractivity contribution in [1.29, 1.82) is 0 Å². The van der Waals surface area contributed by atoms with Crippen molar-refractivity contribution in [2.75, 3.05) is 25.1 Å². The lowest BCUT2D eigenvalue weighted by atomic mass is 10.1. The molecule has 0 spiro atoms. The number of ether oxygens (including phenoxy) is 1. The number of rotatable bonds is 9. The van der Waals surface area contributed by atoms with Crippen LogP contribution in [0.3, 0.4) is 0 Å². The molecule has 0 radical (unpaired) electrons. The van der Waals surface area contributed by atoms with E-state index in [1.165, 1.54) is 25.1 Å². The normalized spacial score (nSPS) is 10.4. The molecule has 28 heavy (non-hydrogen) atoms. The number of anilines is 1. The molecular weight excluding hydrogens is 362 g/mol. The highest BCUT2D eigenvalue weighted by Crippen LogP contribution is 2.23. The van der Waals surface area contributed by atoms with Crippen LogP contribution in [0.1, 0.15) is 39.6 Å². The molecule has 0 aromatic heterocycles. The summed E-state index contributed by atoms with van der Waals surface area (Å²) in [7, 11) is 0. The van der Waals surface area contributed by atoms with E-state index in [0.29, 0.717) is 37.4 Å². The fraction of sp³-hybridized carbons (Fsp3) is 0.300. The SMILES string of the molecule is CCOCCCNC(=O)c1ccccc1NC(=O)c1cccc([N+](=O)[O-])c1C. The van der Waals surface area contributed by atoms with Crippen molar-refractivity contribution in [1.82, 2.24) is 5.32 Å². The van der Waals surface area contributed by atoms with Gasteiger partial charge in [-0.15, -0.1) is 0 Å². The molecule has 0 saturated heterocycles. The van der Waals surface area contributed by atoms with Crippen molar-refractivity contribution < 1.29 is 19.2 Å². The molecule has 0 heterocycles. The van der Waals surface area contributed by atoms with Gasteiger partial charge in [0.15, 0.2) is 0 Å². The number of nitro benzene ring substituents is 1. The minimum atomic E-state index is -0.532. The van der Waals surface area contributed by atoms with Gasteiger partial charge in [-0.2, -0.15) is 0 Å². The van der Waals surface area contributed by atoms with Crippen LogP contribution in [0, 0.1) is 17.0 Å². The average Bonchev–Trinajstić information content (AvgIpc) is 2.68. The largest absolute Gasteiger partial charge is 0.382 e. The summed E-state index contributed by atoms with van der Waals surface area (Å²) in [6.07, 6.45) is 0.682. The number of nitrogens with zero attached hydrogens (tertiary/aromatic N) is 1. The Morgan fingerprint density at radius 3 is 2.50 bits per heavy atom. The summed E-state index contributed by atoms with van der Waals surface area (Å²) >= 11 is 0. The van der Waals surface area contributed by atoms with Gasteiger partial charge in [0.2, 0.25) is 0 Å². The molecule has 2 rings (SSSR count). The Kier molecular flexibility index (Phi) is 7.65. The lowest BCUT2D eigenvalue weighted by molar-refractivity contribution is -0.385. The second-order valence-corrected chi connectivity index (χ2v) is 6.01. The zero-order chi connectivity index (χ0) is 20.5. The van der Waals surface area contributed by atoms with Gasteiger partial charge in [0.1, 0.15) is 0 Å². The topological polar surface area (TPSA) is 111 Å². The van der Waals surface area contributed by atoms with Gasteiger partial charge in [0.25, 0.3) is 17.5 Å². The van der Waals surface area contributed by atoms with Crippen LogP contribution in [-0.2, 0) is 4.74 Å². The predicted molar refractivity (Wildman–Crippen MR) is 106 cm³/mol. The Labute approximate surface area is 163 Å². The molecule has 0 fully saturated rings. The molecule has 0 unspecified atom stereocenters. The van der Waals surface area contributed by atoms with Gasteiger partial charge in [0.05, 0.1) is 16.2 Å². The van der Waals surface area contributed by atoms with Crippen molar-refractivity contribution in [2.24, 2.45) is 0 Å². The maximum Gasteiger partial charge on any atom is 0.273 e. The molecular formula is C20H23N3O5. The Morgan fingerprint density at radius 1 is 1.07 bits per heavy atom. The third-order valence-corrected chi connectivity index (χ3v) is 4.12. The maximum absolute atomic E-state index is 12.6. The highest BCUT2D eigenvalue weighted by atomic mass is 16.6. The van der Waals surface area contributed by atoms with Crippen molar-refractivity contribution in [2.45, 2.75) is 20.3 Å². The van der Waals surface area contributed by atoms with E-state index < -0.39 is 10.8 Å². The molecule has 8 nitrogen and oxygen atoms in total. The van der Waals surface area contributed by atoms with Crippen LogP contribution in [0.5, 0.6) is 0 Å². The van der Waals surface area contributed by atoms with Crippen LogP contribution in [-0.4, -0.2) is 36.5 Å². The first kappa shape index (κ1) is 21.0. The third kappa shape index (κ3) is 5.37. The molecule has 2 aromatic rings. The molecule has 8 heteroatoms. The standard InChI is InChI=1S/C20H23N3O5/c1-3-28-13-7-12-21-19(24)16-8-4-5-10-17(16)22-20(25)15-9-6-11-18(14(15)2)23(26)27/h4-6,8-11H,3,7,12-13H2,1-2H3,(H,21,24)(H,22,25). The number of hydrogen-bond donors (Lipinski definition) is 2. The summed E-state index contributed by atoms with van der Waals surface area (Å²) < 4.78 is 5.23. The number of para-hydroxylation sites is 1. The van der Waals surface area contributed by atoms with Gasteiger partial charge in [-0.1, -0.05) is 18.2 Å². The zero-order valence-corrected chi connectivity index (χ0v) is 15.9. The summed E-state index contributed by atoms with van der Waals surface area (Å²) in [5.41, 5.74) is 0.966. The zero-order valence-electron chi connectivity index (χ0n) is 15.9. The molecule has 0 bridgehead atoms. The van der Waals surface area contributed by atoms with Crippen molar-refractivity contribution in [3.05, 3.63) is 69.3 Å². The molecule has 0 aliphatic rings.